The molecule has 1 rings (SSSR count). The van der Waals surface area contributed by atoms with Gasteiger partial charge in [0.1, 0.15) is 6.29 Å². The van der Waals surface area contributed by atoms with E-state index in [1.807, 2.05) is 25.1 Å². The number of aromatic nitrogens is 1. The van der Waals surface area contributed by atoms with Crippen molar-refractivity contribution in [2.75, 3.05) is 0 Å². The predicted molar refractivity (Wildman–Crippen MR) is 89.3 cm³/mol. The molecule has 0 bridgehead atoms. The number of nitrogens with zero attached hydrogens (tertiary/aromatic N) is 1. The number of pyridine rings is 1. The summed E-state index contributed by atoms with van der Waals surface area (Å²) in [5.74, 6) is 0. The summed E-state index contributed by atoms with van der Waals surface area (Å²) >= 11 is 0. The third-order valence-electron chi connectivity index (χ3n) is 3.84. The normalized spacial score (nSPS) is 14.5. The van der Waals surface area contributed by atoms with Crippen LogP contribution in [-0.2, 0) is 10.2 Å². The molecular formula is C19H27NO. The van der Waals surface area contributed by atoms with Gasteiger partial charge >= 0.3 is 0 Å². The van der Waals surface area contributed by atoms with E-state index in [-0.39, 0.29) is 0 Å². The van der Waals surface area contributed by atoms with Crippen molar-refractivity contribution >= 4 is 6.29 Å². The van der Waals surface area contributed by atoms with E-state index in [9.17, 15) is 4.79 Å². The molecule has 0 spiro atoms. The maximum atomic E-state index is 11.5. The molecule has 21 heavy (non-hydrogen) atoms. The highest BCUT2D eigenvalue weighted by Crippen LogP contribution is 2.26. The molecule has 0 saturated carbocycles. The summed E-state index contributed by atoms with van der Waals surface area (Å²) in [5, 5.41) is 0. The van der Waals surface area contributed by atoms with E-state index < -0.39 is 5.41 Å². The lowest BCUT2D eigenvalue weighted by Crippen LogP contribution is -2.25. The minimum atomic E-state index is -0.473. The van der Waals surface area contributed by atoms with Crippen LogP contribution in [0.15, 0.2) is 48.2 Å². The van der Waals surface area contributed by atoms with Crippen LogP contribution < -0.4 is 0 Å². The summed E-state index contributed by atoms with van der Waals surface area (Å²) in [7, 11) is 0. The zero-order valence-corrected chi connectivity index (χ0v) is 13.6. The summed E-state index contributed by atoms with van der Waals surface area (Å²) in [5.41, 5.74) is 3.01. The van der Waals surface area contributed by atoms with Crippen LogP contribution in [-0.4, -0.2) is 11.3 Å². The first-order chi connectivity index (χ1) is 9.98. The zero-order valence-electron chi connectivity index (χ0n) is 13.6. The largest absolute Gasteiger partial charge is 0.302 e. The fraction of sp³-hybridized carbons (Fsp3) is 0.474. The second kappa shape index (κ2) is 8.56. The Bertz CT molecular complexity index is 490. The third kappa shape index (κ3) is 6.07. The molecule has 0 aromatic carbocycles. The van der Waals surface area contributed by atoms with Gasteiger partial charge in [0.25, 0.3) is 0 Å². The molecule has 0 fully saturated rings. The Labute approximate surface area is 129 Å². The van der Waals surface area contributed by atoms with Gasteiger partial charge in [-0.05, 0) is 65.0 Å². The zero-order chi connectivity index (χ0) is 15.7. The molecule has 0 radical (unpaired) electrons. The SMILES string of the molecule is C=C(C)CCC=C(C)CCCC(C)(C=O)c1ccccn1. The highest BCUT2D eigenvalue weighted by molar-refractivity contribution is 5.66. The molecule has 1 aromatic rings. The quantitative estimate of drug-likeness (QED) is 0.471. The molecule has 0 N–H and O–H groups in total. The van der Waals surface area contributed by atoms with Crippen molar-refractivity contribution < 1.29 is 4.79 Å². The fourth-order valence-electron chi connectivity index (χ4n) is 2.35. The third-order valence-corrected chi connectivity index (χ3v) is 3.84. The van der Waals surface area contributed by atoms with E-state index in [0.717, 1.165) is 44.1 Å². The van der Waals surface area contributed by atoms with Crippen LogP contribution in [0.3, 0.4) is 0 Å². The molecule has 0 aliphatic rings. The Hall–Kier alpha value is -1.70. The van der Waals surface area contributed by atoms with Gasteiger partial charge in [0.2, 0.25) is 0 Å². The van der Waals surface area contributed by atoms with Crippen molar-refractivity contribution in [2.24, 2.45) is 0 Å². The second-order valence-corrected chi connectivity index (χ2v) is 6.15. The van der Waals surface area contributed by atoms with E-state index in [1.54, 1.807) is 6.20 Å². The smallest absolute Gasteiger partial charge is 0.131 e. The van der Waals surface area contributed by atoms with E-state index in [4.69, 9.17) is 0 Å². The van der Waals surface area contributed by atoms with Crippen molar-refractivity contribution in [1.29, 1.82) is 0 Å². The minimum Gasteiger partial charge on any atom is -0.302 e. The molecule has 0 aliphatic heterocycles. The van der Waals surface area contributed by atoms with Crippen LogP contribution in [0.25, 0.3) is 0 Å². The summed E-state index contributed by atoms with van der Waals surface area (Å²) < 4.78 is 0. The van der Waals surface area contributed by atoms with Crippen molar-refractivity contribution in [1.82, 2.24) is 4.98 Å². The maximum Gasteiger partial charge on any atom is 0.131 e. The predicted octanol–water partition coefficient (Wildman–Crippen LogP) is 5.01. The van der Waals surface area contributed by atoms with Crippen LogP contribution in [0.1, 0.15) is 58.6 Å². The van der Waals surface area contributed by atoms with Gasteiger partial charge in [-0.2, -0.15) is 0 Å². The van der Waals surface area contributed by atoms with Gasteiger partial charge < -0.3 is 4.79 Å². The van der Waals surface area contributed by atoms with Crippen molar-refractivity contribution in [2.45, 2.75) is 58.3 Å². The van der Waals surface area contributed by atoms with Gasteiger partial charge in [0.05, 0.1) is 11.1 Å². The Morgan fingerprint density at radius 1 is 1.33 bits per heavy atom. The van der Waals surface area contributed by atoms with Gasteiger partial charge in [0, 0.05) is 6.20 Å². The fourth-order valence-corrected chi connectivity index (χ4v) is 2.35. The summed E-state index contributed by atoms with van der Waals surface area (Å²) in [6, 6.07) is 5.75. The Balaban J connectivity index is 2.49. The molecule has 0 amide bonds. The average molecular weight is 285 g/mol. The lowest BCUT2D eigenvalue weighted by Gasteiger charge is -2.22. The molecule has 1 aromatic heterocycles. The van der Waals surface area contributed by atoms with Crippen molar-refractivity contribution in [3.05, 3.63) is 53.9 Å². The number of allylic oxidation sites excluding steroid dienone is 3. The van der Waals surface area contributed by atoms with Crippen LogP contribution in [0, 0.1) is 0 Å². The molecule has 1 atom stereocenters. The second-order valence-electron chi connectivity index (χ2n) is 6.15. The van der Waals surface area contributed by atoms with Crippen molar-refractivity contribution in [3.63, 3.8) is 0 Å². The highest BCUT2D eigenvalue weighted by Gasteiger charge is 2.26. The first-order valence-corrected chi connectivity index (χ1v) is 7.66. The van der Waals surface area contributed by atoms with Crippen LogP contribution in [0.5, 0.6) is 0 Å². The van der Waals surface area contributed by atoms with Gasteiger partial charge in [-0.15, -0.1) is 6.58 Å². The molecular weight excluding hydrogens is 258 g/mol. The number of hydrogen-bond donors (Lipinski definition) is 0. The monoisotopic (exact) mass is 285 g/mol. The summed E-state index contributed by atoms with van der Waals surface area (Å²) in [6.07, 6.45) is 10.1. The average Bonchev–Trinajstić information content (AvgIpc) is 2.47. The lowest BCUT2D eigenvalue weighted by atomic mass is 9.82. The molecule has 2 nitrogen and oxygen atoms in total. The van der Waals surface area contributed by atoms with E-state index in [0.29, 0.717) is 0 Å². The lowest BCUT2D eigenvalue weighted by molar-refractivity contribution is -0.112. The first-order valence-electron chi connectivity index (χ1n) is 7.66. The van der Waals surface area contributed by atoms with Crippen LogP contribution >= 0.6 is 0 Å². The topological polar surface area (TPSA) is 30.0 Å². The van der Waals surface area contributed by atoms with Gasteiger partial charge in [0.15, 0.2) is 0 Å². The first kappa shape index (κ1) is 17.4. The summed E-state index contributed by atoms with van der Waals surface area (Å²) in [4.78, 5) is 15.8. The number of hydrogen-bond acceptors (Lipinski definition) is 2. The number of aldehydes is 1. The van der Waals surface area contributed by atoms with Crippen LogP contribution in [0.2, 0.25) is 0 Å². The van der Waals surface area contributed by atoms with E-state index >= 15 is 0 Å². The van der Waals surface area contributed by atoms with Gasteiger partial charge in [-0.25, -0.2) is 0 Å². The number of carbonyl (C=O) groups is 1. The number of carbonyl (C=O) groups excluding carboxylic acids is 1. The van der Waals surface area contributed by atoms with E-state index in [1.165, 1.54) is 11.1 Å². The number of rotatable bonds is 9. The van der Waals surface area contributed by atoms with Gasteiger partial charge in [-0.3, -0.25) is 4.98 Å². The Morgan fingerprint density at radius 3 is 2.67 bits per heavy atom. The molecule has 2 heteroatoms. The minimum absolute atomic E-state index is 0.473. The molecule has 114 valence electrons. The Kier molecular flexibility index (Phi) is 7.07. The highest BCUT2D eigenvalue weighted by atomic mass is 16.1. The molecule has 1 heterocycles. The molecule has 0 saturated heterocycles. The molecule has 0 aliphatic carbocycles. The van der Waals surface area contributed by atoms with E-state index in [2.05, 4.69) is 31.5 Å². The summed E-state index contributed by atoms with van der Waals surface area (Å²) in [6.45, 7) is 10.1. The van der Waals surface area contributed by atoms with Crippen molar-refractivity contribution in [3.8, 4) is 0 Å². The maximum absolute atomic E-state index is 11.5. The van der Waals surface area contributed by atoms with Crippen LogP contribution in [0.4, 0.5) is 0 Å². The Morgan fingerprint density at radius 2 is 2.10 bits per heavy atom. The van der Waals surface area contributed by atoms with Gasteiger partial charge in [-0.1, -0.05) is 23.3 Å². The molecule has 1 unspecified atom stereocenters. The standard InChI is InChI=1S/C19H27NO/c1-16(2)9-7-10-17(3)11-8-13-19(4,15-21)18-12-5-6-14-20-18/h5-6,10,12,14-15H,1,7-9,11,13H2,2-4H3.